The number of morpholine rings is 2. The molecule has 0 saturated carbocycles. The van der Waals surface area contributed by atoms with Crippen LogP contribution in [0.3, 0.4) is 0 Å². The van der Waals surface area contributed by atoms with Crippen LogP contribution in [0.1, 0.15) is 0 Å². The molecule has 4 aromatic carbocycles. The third-order valence-electron chi connectivity index (χ3n) is 7.89. The number of benzene rings is 4. The maximum atomic E-state index is 5.46. The van der Waals surface area contributed by atoms with Crippen molar-refractivity contribution in [1.29, 1.82) is 0 Å². The van der Waals surface area contributed by atoms with E-state index in [1.165, 1.54) is 43.7 Å². The van der Waals surface area contributed by atoms with Gasteiger partial charge in [-0.15, -0.1) is 0 Å². The molecule has 0 bridgehead atoms. The van der Waals surface area contributed by atoms with Crippen molar-refractivity contribution >= 4 is 54.7 Å². The van der Waals surface area contributed by atoms with E-state index in [0.29, 0.717) is 0 Å². The average Bonchev–Trinajstić information content (AvgIpc) is 3.05. The summed E-state index contributed by atoms with van der Waals surface area (Å²) in [6, 6.07) is 29.7. The number of aromatic nitrogens is 2. The van der Waals surface area contributed by atoms with E-state index >= 15 is 0 Å². The van der Waals surface area contributed by atoms with Crippen LogP contribution < -0.4 is 9.80 Å². The maximum absolute atomic E-state index is 5.46. The van der Waals surface area contributed by atoms with Gasteiger partial charge in [-0.2, -0.15) is 0 Å². The summed E-state index contributed by atoms with van der Waals surface area (Å²) in [4.78, 5) is 14.0. The van der Waals surface area contributed by atoms with E-state index in [0.717, 1.165) is 63.6 Å². The van der Waals surface area contributed by atoms with E-state index < -0.39 is 0 Å². The van der Waals surface area contributed by atoms with E-state index in [-0.39, 0.29) is 0 Å². The van der Waals surface area contributed by atoms with Gasteiger partial charge in [0.05, 0.1) is 37.5 Å². The second-order valence-electron chi connectivity index (χ2n) is 10.2. The first kappa shape index (κ1) is 24.8. The van der Waals surface area contributed by atoms with Crippen molar-refractivity contribution in [2.75, 3.05) is 62.4 Å². The highest BCUT2D eigenvalue weighted by Gasteiger charge is 2.17. The van der Waals surface area contributed by atoms with Gasteiger partial charge in [-0.3, -0.25) is 9.97 Å². The van der Waals surface area contributed by atoms with Gasteiger partial charge in [-0.25, -0.2) is 0 Å². The molecule has 2 aliphatic rings. The molecule has 0 atom stereocenters. The van der Waals surface area contributed by atoms with Crippen molar-refractivity contribution in [2.24, 2.45) is 0 Å². The summed E-state index contributed by atoms with van der Waals surface area (Å²) < 4.78 is 10.9. The normalized spacial score (nSPS) is 15.9. The molecule has 0 aliphatic carbocycles. The molecule has 0 unspecified atom stereocenters. The van der Waals surface area contributed by atoms with Crippen LogP contribution in [0.15, 0.2) is 97.3 Å². The summed E-state index contributed by atoms with van der Waals surface area (Å²) in [5.74, 6) is 0. The lowest BCUT2D eigenvalue weighted by Gasteiger charge is -2.30. The fourth-order valence-corrected chi connectivity index (χ4v) is 5.91. The molecular weight excluding hydrogens is 496 g/mol. The number of pyridine rings is 2. The fourth-order valence-electron chi connectivity index (χ4n) is 5.91. The average molecular weight is 529 g/mol. The molecule has 6 nitrogen and oxygen atoms in total. The molecule has 0 radical (unpaired) electrons. The molecule has 2 aromatic heterocycles. The fraction of sp³-hybridized carbons (Fsp3) is 0.235. The van der Waals surface area contributed by atoms with E-state index in [2.05, 4.69) is 105 Å². The molecule has 0 spiro atoms. The number of ether oxygens (including phenoxy) is 2. The van der Waals surface area contributed by atoms with Crippen molar-refractivity contribution in [2.45, 2.75) is 0 Å². The van der Waals surface area contributed by atoms with Gasteiger partial charge in [0.15, 0.2) is 0 Å². The van der Waals surface area contributed by atoms with E-state index in [9.17, 15) is 0 Å². The SMILES string of the molecule is c1ccc2c(c1)cnc1cccc(N3CCOCC3)c12.c1ccc2c(c1)cnc1cccc(N3CCOCC3)c12. The molecule has 2 fully saturated rings. The van der Waals surface area contributed by atoms with Crippen LogP contribution in [-0.2, 0) is 9.47 Å². The Morgan fingerprint density at radius 1 is 0.475 bits per heavy atom. The molecular formula is C34H32N4O2. The highest BCUT2D eigenvalue weighted by Crippen LogP contribution is 2.34. The predicted molar refractivity (Wildman–Crippen MR) is 165 cm³/mol. The molecule has 200 valence electrons. The van der Waals surface area contributed by atoms with E-state index in [4.69, 9.17) is 9.47 Å². The van der Waals surface area contributed by atoms with Gasteiger partial charge in [0.2, 0.25) is 0 Å². The smallest absolute Gasteiger partial charge is 0.0729 e. The first-order valence-electron chi connectivity index (χ1n) is 14.1. The maximum Gasteiger partial charge on any atom is 0.0729 e. The number of rotatable bonds is 2. The Kier molecular flexibility index (Phi) is 6.86. The zero-order chi connectivity index (χ0) is 26.7. The topological polar surface area (TPSA) is 50.7 Å². The lowest BCUT2D eigenvalue weighted by Crippen LogP contribution is -2.36. The van der Waals surface area contributed by atoms with E-state index in [1.54, 1.807) is 0 Å². The van der Waals surface area contributed by atoms with Gasteiger partial charge < -0.3 is 19.3 Å². The van der Waals surface area contributed by atoms with Gasteiger partial charge in [-0.1, -0.05) is 60.7 Å². The second kappa shape index (κ2) is 11.1. The molecule has 6 aromatic rings. The van der Waals surface area contributed by atoms with Crippen LogP contribution >= 0.6 is 0 Å². The number of hydrogen-bond acceptors (Lipinski definition) is 6. The zero-order valence-corrected chi connectivity index (χ0v) is 22.5. The van der Waals surface area contributed by atoms with Crippen molar-refractivity contribution in [3.63, 3.8) is 0 Å². The largest absolute Gasteiger partial charge is 0.378 e. The summed E-state index contributed by atoms with van der Waals surface area (Å²) >= 11 is 0. The highest BCUT2D eigenvalue weighted by atomic mass is 16.5. The Morgan fingerprint density at radius 2 is 0.900 bits per heavy atom. The third-order valence-corrected chi connectivity index (χ3v) is 7.89. The van der Waals surface area contributed by atoms with Crippen molar-refractivity contribution in [3.8, 4) is 0 Å². The van der Waals surface area contributed by atoms with Gasteiger partial charge in [0.25, 0.3) is 0 Å². The highest BCUT2D eigenvalue weighted by molar-refractivity contribution is 6.12. The number of fused-ring (bicyclic) bond motifs is 6. The molecule has 4 heterocycles. The van der Waals surface area contributed by atoms with Crippen LogP contribution in [0.5, 0.6) is 0 Å². The lowest BCUT2D eigenvalue weighted by atomic mass is 10.0. The van der Waals surface area contributed by atoms with Crippen molar-refractivity contribution < 1.29 is 9.47 Å². The third kappa shape index (κ3) is 4.70. The summed E-state index contributed by atoms with van der Waals surface area (Å²) in [6.07, 6.45) is 3.92. The Hall–Kier alpha value is -4.26. The van der Waals surface area contributed by atoms with Gasteiger partial charge >= 0.3 is 0 Å². The standard InChI is InChI=1S/2C17H16N2O/c2*1-2-5-14-13(4-1)12-18-15-6-3-7-16(17(14)15)19-8-10-20-11-9-19/h2*1-7,12H,8-11H2. The van der Waals surface area contributed by atoms with Gasteiger partial charge in [0, 0.05) is 71.5 Å². The molecule has 6 heteroatoms. The van der Waals surface area contributed by atoms with Crippen molar-refractivity contribution in [1.82, 2.24) is 9.97 Å². The molecule has 8 rings (SSSR count). The summed E-state index contributed by atoms with van der Waals surface area (Å²) in [5, 5.41) is 7.46. The summed E-state index contributed by atoms with van der Waals surface area (Å²) in [6.45, 7) is 6.99. The molecule has 0 amide bonds. The summed E-state index contributed by atoms with van der Waals surface area (Å²) in [7, 11) is 0. The molecule has 0 N–H and O–H groups in total. The quantitative estimate of drug-likeness (QED) is 0.241. The first-order chi connectivity index (χ1) is 19.9. The minimum atomic E-state index is 0.800. The van der Waals surface area contributed by atoms with Crippen LogP contribution in [0.2, 0.25) is 0 Å². The Labute approximate surface area is 233 Å². The van der Waals surface area contributed by atoms with Crippen molar-refractivity contribution in [3.05, 3.63) is 97.3 Å². The zero-order valence-electron chi connectivity index (χ0n) is 22.5. The van der Waals surface area contributed by atoms with Crippen LogP contribution in [-0.4, -0.2) is 62.6 Å². The van der Waals surface area contributed by atoms with E-state index in [1.807, 2.05) is 12.4 Å². The molecule has 2 saturated heterocycles. The number of anilines is 2. The summed E-state index contributed by atoms with van der Waals surface area (Å²) in [5.41, 5.74) is 4.67. The Bertz CT molecular complexity index is 1660. The second-order valence-corrected chi connectivity index (χ2v) is 10.2. The number of nitrogens with zero attached hydrogens (tertiary/aromatic N) is 4. The molecule has 2 aliphatic heterocycles. The van der Waals surface area contributed by atoms with Crippen LogP contribution in [0.25, 0.3) is 43.4 Å². The monoisotopic (exact) mass is 528 g/mol. The predicted octanol–water partition coefficient (Wildman–Crippen LogP) is 6.45. The van der Waals surface area contributed by atoms with Crippen LogP contribution in [0, 0.1) is 0 Å². The lowest BCUT2D eigenvalue weighted by molar-refractivity contribution is 0.122. The minimum absolute atomic E-state index is 0.800. The minimum Gasteiger partial charge on any atom is -0.378 e. The number of hydrogen-bond donors (Lipinski definition) is 0. The van der Waals surface area contributed by atoms with Gasteiger partial charge in [-0.05, 0) is 35.0 Å². The van der Waals surface area contributed by atoms with Gasteiger partial charge in [0.1, 0.15) is 0 Å². The Morgan fingerprint density at radius 3 is 1.35 bits per heavy atom. The molecule has 40 heavy (non-hydrogen) atoms. The van der Waals surface area contributed by atoms with Crippen LogP contribution in [0.4, 0.5) is 11.4 Å². The first-order valence-corrected chi connectivity index (χ1v) is 14.1. The Balaban J connectivity index is 0.000000132.